The van der Waals surface area contributed by atoms with E-state index in [1.807, 2.05) is 0 Å². The van der Waals surface area contributed by atoms with E-state index in [0.717, 1.165) is 12.3 Å². The van der Waals surface area contributed by atoms with Crippen molar-refractivity contribution in [1.82, 2.24) is 5.32 Å². The normalized spacial score (nSPS) is 11.3. The van der Waals surface area contributed by atoms with Crippen molar-refractivity contribution < 1.29 is 37.0 Å². The van der Waals surface area contributed by atoms with Crippen molar-refractivity contribution in [2.24, 2.45) is 0 Å². The predicted octanol–water partition coefficient (Wildman–Crippen LogP) is 2.99. The number of hydrogen-bond acceptors (Lipinski definition) is 4. The fourth-order valence-electron chi connectivity index (χ4n) is 1.95. The zero-order valence-electron chi connectivity index (χ0n) is 12.8. The monoisotopic (exact) mass is 357 g/mol. The van der Waals surface area contributed by atoms with Gasteiger partial charge in [-0.3, -0.25) is 4.79 Å². The molecule has 9 heteroatoms. The van der Waals surface area contributed by atoms with Crippen LogP contribution in [0, 0.1) is 0 Å². The molecule has 0 saturated carbocycles. The molecule has 0 aliphatic rings. The van der Waals surface area contributed by atoms with E-state index < -0.39 is 24.7 Å². The van der Waals surface area contributed by atoms with E-state index in [2.05, 4.69) is 10.1 Å². The average Bonchev–Trinajstić information content (AvgIpc) is 3.02. The molecular weight excluding hydrogens is 343 g/mol. The summed E-state index contributed by atoms with van der Waals surface area (Å²) in [5.41, 5.74) is 1.03. The molecule has 134 valence electrons. The van der Waals surface area contributed by atoms with Gasteiger partial charge in [0.2, 0.25) is 0 Å². The van der Waals surface area contributed by atoms with Crippen LogP contribution in [-0.4, -0.2) is 29.8 Å². The summed E-state index contributed by atoms with van der Waals surface area (Å²) in [4.78, 5) is 22.6. The molecule has 6 nitrogen and oxygen atoms in total. The van der Waals surface area contributed by atoms with Gasteiger partial charge in [-0.05, 0) is 11.1 Å². The van der Waals surface area contributed by atoms with Gasteiger partial charge >= 0.3 is 12.1 Å². The van der Waals surface area contributed by atoms with Crippen LogP contribution >= 0.6 is 0 Å². The van der Waals surface area contributed by atoms with Crippen LogP contribution in [0.4, 0.5) is 13.2 Å². The van der Waals surface area contributed by atoms with Gasteiger partial charge in [0.05, 0.1) is 12.2 Å². The van der Waals surface area contributed by atoms with Crippen LogP contribution in [0.1, 0.15) is 32.0 Å². The molecule has 25 heavy (non-hydrogen) atoms. The third kappa shape index (κ3) is 5.96. The number of carboxylic acid groups (broad SMARTS) is 1. The number of hydrogen-bond donors (Lipinski definition) is 2. The number of furan rings is 1. The van der Waals surface area contributed by atoms with Gasteiger partial charge in [-0.2, -0.15) is 13.2 Å². The van der Waals surface area contributed by atoms with Crippen LogP contribution in [0.25, 0.3) is 0 Å². The van der Waals surface area contributed by atoms with Crippen molar-refractivity contribution in [2.75, 3.05) is 6.61 Å². The molecule has 1 aromatic heterocycles. The Balaban J connectivity index is 1.88. The second kappa shape index (κ2) is 7.84. The predicted molar refractivity (Wildman–Crippen MR) is 79.0 cm³/mol. The van der Waals surface area contributed by atoms with Crippen LogP contribution in [0.3, 0.4) is 0 Å². The van der Waals surface area contributed by atoms with Crippen molar-refractivity contribution >= 4 is 11.9 Å². The molecule has 0 radical (unpaired) electrons. The SMILES string of the molecule is O=C(O)c1coc(C(=O)NCc2cccc(COCC(F)(F)F)c2)c1. The Morgan fingerprint density at radius 2 is 1.92 bits per heavy atom. The highest BCUT2D eigenvalue weighted by molar-refractivity contribution is 5.95. The lowest BCUT2D eigenvalue weighted by Gasteiger charge is -2.09. The van der Waals surface area contributed by atoms with Crippen molar-refractivity contribution in [3.63, 3.8) is 0 Å². The number of carboxylic acids is 1. The minimum absolute atomic E-state index is 0.0923. The zero-order chi connectivity index (χ0) is 18.4. The minimum atomic E-state index is -4.39. The number of aromatic carboxylic acids is 1. The number of ether oxygens (including phenoxy) is 1. The summed E-state index contributed by atoms with van der Waals surface area (Å²) in [5.74, 6) is -1.97. The van der Waals surface area contributed by atoms with Gasteiger partial charge in [0, 0.05) is 12.6 Å². The molecule has 0 aliphatic carbocycles. The number of nitrogens with one attached hydrogen (secondary N) is 1. The van der Waals surface area contributed by atoms with Gasteiger partial charge in [-0.25, -0.2) is 4.79 Å². The summed E-state index contributed by atoms with van der Waals surface area (Å²) in [6.45, 7) is -1.45. The molecule has 0 bridgehead atoms. The van der Waals surface area contributed by atoms with E-state index in [4.69, 9.17) is 9.52 Å². The van der Waals surface area contributed by atoms with E-state index in [1.54, 1.807) is 24.3 Å². The van der Waals surface area contributed by atoms with E-state index >= 15 is 0 Å². The largest absolute Gasteiger partial charge is 0.478 e. The Morgan fingerprint density at radius 1 is 1.20 bits per heavy atom. The maximum absolute atomic E-state index is 12.0. The van der Waals surface area contributed by atoms with Crippen molar-refractivity contribution in [3.8, 4) is 0 Å². The Hall–Kier alpha value is -2.81. The Morgan fingerprint density at radius 3 is 2.56 bits per heavy atom. The number of amides is 1. The maximum Gasteiger partial charge on any atom is 0.411 e. The molecule has 0 atom stereocenters. The van der Waals surface area contributed by atoms with Crippen LogP contribution < -0.4 is 5.32 Å². The number of benzene rings is 1. The first-order chi connectivity index (χ1) is 11.7. The number of carbonyl (C=O) groups is 2. The third-order valence-electron chi connectivity index (χ3n) is 3.05. The van der Waals surface area contributed by atoms with Crippen molar-refractivity contribution in [2.45, 2.75) is 19.3 Å². The molecular formula is C16H14F3NO5. The maximum atomic E-state index is 12.0. The Kier molecular flexibility index (Phi) is 5.81. The number of alkyl halides is 3. The average molecular weight is 357 g/mol. The molecule has 2 N–H and O–H groups in total. The standard InChI is InChI=1S/C16H14F3NO5/c17-16(18,19)9-24-7-11-3-1-2-10(4-11)6-20-14(21)13-5-12(8-25-13)15(22)23/h1-5,8H,6-7,9H2,(H,20,21)(H,22,23). The van der Waals surface area contributed by atoms with Crippen molar-refractivity contribution in [1.29, 1.82) is 0 Å². The van der Waals surface area contributed by atoms with E-state index in [-0.39, 0.29) is 24.5 Å². The first-order valence-corrected chi connectivity index (χ1v) is 7.07. The smallest absolute Gasteiger partial charge is 0.411 e. The van der Waals surface area contributed by atoms with Gasteiger partial charge in [0.1, 0.15) is 12.9 Å². The summed E-state index contributed by atoms with van der Waals surface area (Å²) in [5, 5.41) is 11.3. The van der Waals surface area contributed by atoms with Gasteiger partial charge < -0.3 is 19.6 Å². The van der Waals surface area contributed by atoms with E-state index in [1.165, 1.54) is 0 Å². The van der Waals surface area contributed by atoms with Crippen LogP contribution in [0.5, 0.6) is 0 Å². The molecule has 2 aromatic rings. The van der Waals surface area contributed by atoms with Crippen LogP contribution in [0.2, 0.25) is 0 Å². The van der Waals surface area contributed by atoms with Crippen LogP contribution in [-0.2, 0) is 17.9 Å². The molecule has 1 aromatic carbocycles. The summed E-state index contributed by atoms with van der Waals surface area (Å²) in [6.07, 6.45) is -3.43. The Bertz CT molecular complexity index is 754. The highest BCUT2D eigenvalue weighted by atomic mass is 19.4. The third-order valence-corrected chi connectivity index (χ3v) is 3.05. The minimum Gasteiger partial charge on any atom is -0.478 e. The lowest BCUT2D eigenvalue weighted by atomic mass is 10.1. The van der Waals surface area contributed by atoms with Gasteiger partial charge in [0.25, 0.3) is 5.91 Å². The number of halogens is 3. The molecule has 2 rings (SSSR count). The number of carbonyl (C=O) groups excluding carboxylic acids is 1. The first kappa shape index (κ1) is 18.5. The lowest BCUT2D eigenvalue weighted by molar-refractivity contribution is -0.176. The molecule has 1 amide bonds. The summed E-state index contributed by atoms with van der Waals surface area (Å²) < 4.78 is 45.6. The van der Waals surface area contributed by atoms with E-state index in [0.29, 0.717) is 11.1 Å². The second-order valence-electron chi connectivity index (χ2n) is 5.12. The van der Waals surface area contributed by atoms with Gasteiger partial charge in [-0.1, -0.05) is 24.3 Å². The van der Waals surface area contributed by atoms with E-state index in [9.17, 15) is 22.8 Å². The quantitative estimate of drug-likeness (QED) is 0.795. The topological polar surface area (TPSA) is 88.8 Å². The molecule has 1 heterocycles. The highest BCUT2D eigenvalue weighted by Gasteiger charge is 2.27. The molecule has 0 aliphatic heterocycles. The lowest BCUT2D eigenvalue weighted by Crippen LogP contribution is -2.22. The fourth-order valence-corrected chi connectivity index (χ4v) is 1.95. The molecule has 0 unspecified atom stereocenters. The highest BCUT2D eigenvalue weighted by Crippen LogP contribution is 2.16. The number of rotatable bonds is 7. The zero-order valence-corrected chi connectivity index (χ0v) is 12.8. The van der Waals surface area contributed by atoms with Crippen molar-refractivity contribution in [3.05, 3.63) is 59.0 Å². The summed E-state index contributed by atoms with van der Waals surface area (Å²) >= 11 is 0. The second-order valence-corrected chi connectivity index (χ2v) is 5.12. The summed E-state index contributed by atoms with van der Waals surface area (Å²) in [6, 6.07) is 7.61. The molecule has 0 spiro atoms. The fraction of sp³-hybridized carbons (Fsp3) is 0.250. The van der Waals surface area contributed by atoms with Gasteiger partial charge in [0.15, 0.2) is 5.76 Å². The summed E-state index contributed by atoms with van der Waals surface area (Å²) in [7, 11) is 0. The molecule has 0 fully saturated rings. The first-order valence-electron chi connectivity index (χ1n) is 7.07. The Labute approximate surface area is 140 Å². The molecule has 0 saturated heterocycles. The van der Waals surface area contributed by atoms with Crippen LogP contribution in [0.15, 0.2) is 41.0 Å². The van der Waals surface area contributed by atoms with Gasteiger partial charge in [-0.15, -0.1) is 0 Å².